The molecule has 0 amide bonds. The Labute approximate surface area is 117 Å². The smallest absolute Gasteiger partial charge is 0.00684 e. The summed E-state index contributed by atoms with van der Waals surface area (Å²) in [6, 6.07) is 9.97. The summed E-state index contributed by atoms with van der Waals surface area (Å²) < 4.78 is 0. The number of hydrogen-bond donors (Lipinski definition) is 1. The van der Waals surface area contributed by atoms with Crippen molar-refractivity contribution in [1.82, 2.24) is 5.32 Å². The van der Waals surface area contributed by atoms with Gasteiger partial charge in [-0.1, -0.05) is 49.1 Å². The van der Waals surface area contributed by atoms with E-state index in [0.29, 0.717) is 5.41 Å². The summed E-state index contributed by atoms with van der Waals surface area (Å²) in [6.07, 6.45) is 11.2. The zero-order valence-electron chi connectivity index (χ0n) is 12.3. The fourth-order valence-electron chi connectivity index (χ4n) is 3.62. The van der Waals surface area contributed by atoms with Gasteiger partial charge in [0.1, 0.15) is 0 Å². The summed E-state index contributed by atoms with van der Waals surface area (Å²) in [4.78, 5) is 0. The molecule has 0 bridgehead atoms. The zero-order chi connectivity index (χ0) is 13.1. The Bertz CT molecular complexity index is 413. The molecule has 0 saturated heterocycles. The van der Waals surface area contributed by atoms with Gasteiger partial charge in [0.05, 0.1) is 0 Å². The molecule has 19 heavy (non-hydrogen) atoms. The molecular formula is C18H27N. The van der Waals surface area contributed by atoms with Gasteiger partial charge in [0.25, 0.3) is 0 Å². The molecule has 1 aromatic carbocycles. The molecule has 2 saturated carbocycles. The van der Waals surface area contributed by atoms with Gasteiger partial charge in [-0.3, -0.25) is 0 Å². The van der Waals surface area contributed by atoms with E-state index in [1.165, 1.54) is 63.5 Å². The topological polar surface area (TPSA) is 12.0 Å². The Morgan fingerprint density at radius 2 is 1.95 bits per heavy atom. The van der Waals surface area contributed by atoms with Crippen LogP contribution < -0.4 is 5.32 Å². The van der Waals surface area contributed by atoms with E-state index in [9.17, 15) is 0 Å². The van der Waals surface area contributed by atoms with E-state index in [1.807, 2.05) is 0 Å². The fraction of sp³-hybridized carbons (Fsp3) is 0.667. The van der Waals surface area contributed by atoms with E-state index in [0.717, 1.165) is 6.04 Å². The van der Waals surface area contributed by atoms with E-state index in [-0.39, 0.29) is 0 Å². The molecule has 1 aromatic rings. The molecule has 2 fully saturated rings. The second-order valence-electron chi connectivity index (χ2n) is 6.88. The van der Waals surface area contributed by atoms with Crippen LogP contribution in [0.4, 0.5) is 0 Å². The van der Waals surface area contributed by atoms with Crippen LogP contribution in [0.1, 0.15) is 56.1 Å². The van der Waals surface area contributed by atoms with Gasteiger partial charge in [0, 0.05) is 12.6 Å². The van der Waals surface area contributed by atoms with Gasteiger partial charge in [-0.2, -0.15) is 0 Å². The minimum Gasteiger partial charge on any atom is -0.313 e. The monoisotopic (exact) mass is 257 g/mol. The summed E-state index contributed by atoms with van der Waals surface area (Å²) in [5.41, 5.74) is 3.48. The summed E-state index contributed by atoms with van der Waals surface area (Å²) >= 11 is 0. The van der Waals surface area contributed by atoms with Gasteiger partial charge in [0.2, 0.25) is 0 Å². The Kier molecular flexibility index (Phi) is 3.93. The third kappa shape index (κ3) is 3.60. The van der Waals surface area contributed by atoms with Crippen molar-refractivity contribution in [2.45, 2.75) is 64.3 Å². The predicted molar refractivity (Wildman–Crippen MR) is 81.4 cm³/mol. The maximum absolute atomic E-state index is 3.80. The van der Waals surface area contributed by atoms with Crippen LogP contribution in [0.25, 0.3) is 0 Å². The van der Waals surface area contributed by atoms with Gasteiger partial charge in [-0.15, -0.1) is 0 Å². The molecule has 1 nitrogen and oxygen atoms in total. The van der Waals surface area contributed by atoms with Gasteiger partial charge in [-0.05, 0) is 50.0 Å². The standard InChI is InChI=1S/C18H27N/c1-15-6-5-7-16(12-15)13-18(10-3-2-4-11-18)14-19-17-8-9-17/h5-7,12,17,19H,2-4,8-11,13-14H2,1H3. The molecule has 0 atom stereocenters. The average Bonchev–Trinajstić information content (AvgIpc) is 3.22. The number of benzene rings is 1. The minimum absolute atomic E-state index is 0.536. The highest BCUT2D eigenvalue weighted by Crippen LogP contribution is 2.39. The van der Waals surface area contributed by atoms with Crippen LogP contribution in [-0.2, 0) is 6.42 Å². The summed E-state index contributed by atoms with van der Waals surface area (Å²) in [5, 5.41) is 3.80. The quantitative estimate of drug-likeness (QED) is 0.832. The van der Waals surface area contributed by atoms with E-state index in [2.05, 4.69) is 36.5 Å². The van der Waals surface area contributed by atoms with Crippen LogP contribution in [0.15, 0.2) is 24.3 Å². The average molecular weight is 257 g/mol. The van der Waals surface area contributed by atoms with Crippen LogP contribution >= 0.6 is 0 Å². The number of hydrogen-bond acceptors (Lipinski definition) is 1. The maximum atomic E-state index is 3.80. The molecule has 0 unspecified atom stereocenters. The van der Waals surface area contributed by atoms with E-state index >= 15 is 0 Å². The van der Waals surface area contributed by atoms with Crippen molar-refractivity contribution < 1.29 is 0 Å². The van der Waals surface area contributed by atoms with Gasteiger partial charge in [0.15, 0.2) is 0 Å². The van der Waals surface area contributed by atoms with Crippen LogP contribution in [0.2, 0.25) is 0 Å². The van der Waals surface area contributed by atoms with Gasteiger partial charge in [-0.25, -0.2) is 0 Å². The molecular weight excluding hydrogens is 230 g/mol. The fourth-order valence-corrected chi connectivity index (χ4v) is 3.62. The highest BCUT2D eigenvalue weighted by molar-refractivity contribution is 5.23. The molecule has 3 rings (SSSR count). The van der Waals surface area contributed by atoms with Crippen molar-refractivity contribution >= 4 is 0 Å². The molecule has 2 aliphatic carbocycles. The molecule has 0 aromatic heterocycles. The molecule has 104 valence electrons. The number of aryl methyl sites for hydroxylation is 1. The Morgan fingerprint density at radius 3 is 2.63 bits per heavy atom. The highest BCUT2D eigenvalue weighted by Gasteiger charge is 2.34. The normalized spacial score (nSPS) is 22.4. The second kappa shape index (κ2) is 5.66. The van der Waals surface area contributed by atoms with Crippen molar-refractivity contribution in [3.05, 3.63) is 35.4 Å². The van der Waals surface area contributed by atoms with Crippen molar-refractivity contribution in [2.24, 2.45) is 5.41 Å². The minimum atomic E-state index is 0.536. The first-order valence-corrected chi connectivity index (χ1v) is 8.05. The van der Waals surface area contributed by atoms with E-state index in [1.54, 1.807) is 5.56 Å². The second-order valence-corrected chi connectivity index (χ2v) is 6.88. The van der Waals surface area contributed by atoms with Crippen molar-refractivity contribution in [2.75, 3.05) is 6.54 Å². The lowest BCUT2D eigenvalue weighted by molar-refractivity contribution is 0.180. The molecule has 0 aliphatic heterocycles. The SMILES string of the molecule is Cc1cccc(CC2(CNC3CC3)CCCCC2)c1. The first-order chi connectivity index (χ1) is 9.26. The number of rotatable bonds is 5. The summed E-state index contributed by atoms with van der Waals surface area (Å²) in [7, 11) is 0. The van der Waals surface area contributed by atoms with Crippen LogP contribution in [0.3, 0.4) is 0 Å². The Morgan fingerprint density at radius 1 is 1.16 bits per heavy atom. The van der Waals surface area contributed by atoms with Crippen LogP contribution in [0.5, 0.6) is 0 Å². The first-order valence-electron chi connectivity index (χ1n) is 8.05. The van der Waals surface area contributed by atoms with Crippen LogP contribution in [0, 0.1) is 12.3 Å². The zero-order valence-corrected chi connectivity index (χ0v) is 12.3. The van der Waals surface area contributed by atoms with E-state index in [4.69, 9.17) is 0 Å². The highest BCUT2D eigenvalue weighted by atomic mass is 15.0. The van der Waals surface area contributed by atoms with Gasteiger partial charge < -0.3 is 5.32 Å². The Balaban J connectivity index is 1.69. The third-order valence-electron chi connectivity index (χ3n) is 4.92. The summed E-state index contributed by atoms with van der Waals surface area (Å²) in [5.74, 6) is 0. The molecule has 1 heteroatoms. The van der Waals surface area contributed by atoms with E-state index < -0.39 is 0 Å². The van der Waals surface area contributed by atoms with Crippen molar-refractivity contribution in [3.63, 3.8) is 0 Å². The molecule has 0 heterocycles. The first kappa shape index (κ1) is 13.2. The lowest BCUT2D eigenvalue weighted by Crippen LogP contribution is -2.38. The molecule has 1 N–H and O–H groups in total. The van der Waals surface area contributed by atoms with Gasteiger partial charge >= 0.3 is 0 Å². The summed E-state index contributed by atoms with van der Waals surface area (Å²) in [6.45, 7) is 3.45. The predicted octanol–water partition coefficient (Wildman–Crippen LogP) is 4.24. The molecule has 0 spiro atoms. The van der Waals surface area contributed by atoms with Crippen molar-refractivity contribution in [1.29, 1.82) is 0 Å². The van der Waals surface area contributed by atoms with Crippen LogP contribution in [-0.4, -0.2) is 12.6 Å². The maximum Gasteiger partial charge on any atom is 0.00684 e. The Hall–Kier alpha value is -0.820. The lowest BCUT2D eigenvalue weighted by Gasteiger charge is -2.38. The lowest BCUT2D eigenvalue weighted by atomic mass is 9.70. The molecule has 0 radical (unpaired) electrons. The van der Waals surface area contributed by atoms with Crippen molar-refractivity contribution in [3.8, 4) is 0 Å². The third-order valence-corrected chi connectivity index (χ3v) is 4.92. The largest absolute Gasteiger partial charge is 0.313 e. The molecule has 2 aliphatic rings. The number of nitrogens with one attached hydrogen (secondary N) is 1.